The van der Waals surface area contributed by atoms with E-state index in [1.807, 2.05) is 47.7 Å². The van der Waals surface area contributed by atoms with Crippen LogP contribution in [-0.4, -0.2) is 13.6 Å². The Balaban J connectivity index is -0.000000376. The van der Waals surface area contributed by atoms with Crippen LogP contribution in [0.5, 0.6) is 0 Å². The highest BCUT2D eigenvalue weighted by Gasteiger charge is 1.96. The van der Waals surface area contributed by atoms with Crippen molar-refractivity contribution in [3.05, 3.63) is 36.0 Å². The lowest BCUT2D eigenvalue weighted by molar-refractivity contribution is 0.881. The third kappa shape index (κ3) is 11.3. The SMILES string of the molecule is C=C/C(CC)=C(\C=C/C)CNC.CC.CC. The quantitative estimate of drug-likeness (QED) is 0.667. The van der Waals surface area contributed by atoms with Gasteiger partial charge in [0.05, 0.1) is 0 Å². The Morgan fingerprint density at radius 3 is 1.88 bits per heavy atom. The van der Waals surface area contributed by atoms with Gasteiger partial charge in [-0.1, -0.05) is 59.4 Å². The minimum atomic E-state index is 0.916. The summed E-state index contributed by atoms with van der Waals surface area (Å²) in [6.45, 7) is 16.9. The molecule has 1 nitrogen and oxygen atoms in total. The lowest BCUT2D eigenvalue weighted by atomic mass is 10.1. The highest BCUT2D eigenvalue weighted by atomic mass is 14.8. The van der Waals surface area contributed by atoms with Gasteiger partial charge in [-0.25, -0.2) is 0 Å². The van der Waals surface area contributed by atoms with Crippen LogP contribution in [-0.2, 0) is 0 Å². The summed E-state index contributed by atoms with van der Waals surface area (Å²) >= 11 is 0. The fourth-order valence-electron chi connectivity index (χ4n) is 1.17. The molecular weight excluding hydrogens is 194 g/mol. The molecule has 16 heavy (non-hydrogen) atoms. The number of allylic oxidation sites excluding steroid dienone is 3. The monoisotopic (exact) mass is 225 g/mol. The average molecular weight is 225 g/mol. The van der Waals surface area contributed by atoms with Gasteiger partial charge in [0, 0.05) is 6.54 Å². The first-order valence-electron chi connectivity index (χ1n) is 6.41. The predicted molar refractivity (Wildman–Crippen MR) is 79.0 cm³/mol. The Bertz CT molecular complexity index is 188. The summed E-state index contributed by atoms with van der Waals surface area (Å²) in [7, 11) is 1.96. The van der Waals surface area contributed by atoms with E-state index in [2.05, 4.69) is 31.0 Å². The Hall–Kier alpha value is -0.820. The van der Waals surface area contributed by atoms with Crippen molar-refractivity contribution >= 4 is 0 Å². The van der Waals surface area contributed by atoms with Gasteiger partial charge in [0.25, 0.3) is 0 Å². The third-order valence-electron chi connectivity index (χ3n) is 1.77. The van der Waals surface area contributed by atoms with E-state index in [0.717, 1.165) is 13.0 Å². The van der Waals surface area contributed by atoms with Crippen LogP contribution in [0.1, 0.15) is 48.0 Å². The minimum Gasteiger partial charge on any atom is -0.316 e. The Morgan fingerprint density at radius 1 is 1.12 bits per heavy atom. The molecule has 0 radical (unpaired) electrons. The second-order valence-corrected chi connectivity index (χ2v) is 2.64. The molecule has 0 fully saturated rings. The lowest BCUT2D eigenvalue weighted by Gasteiger charge is -2.06. The normalized spacial score (nSPS) is 10.7. The number of nitrogens with one attached hydrogen (secondary N) is 1. The van der Waals surface area contributed by atoms with E-state index < -0.39 is 0 Å². The molecule has 0 aromatic heterocycles. The van der Waals surface area contributed by atoms with Crippen LogP contribution in [0.2, 0.25) is 0 Å². The molecule has 0 aliphatic rings. The van der Waals surface area contributed by atoms with Crippen LogP contribution in [0.25, 0.3) is 0 Å². The standard InChI is InChI=1S/C11H19N.2C2H6/c1-5-8-11(9-12-4)10(6-2)7-3;2*1-2/h5-6,8,12H,2,7,9H2,1,3-4H3;2*1-2H3/b8-5-,11-10-;;. The summed E-state index contributed by atoms with van der Waals surface area (Å²) in [5.74, 6) is 0. The number of rotatable bonds is 5. The summed E-state index contributed by atoms with van der Waals surface area (Å²) in [5, 5.41) is 3.14. The van der Waals surface area contributed by atoms with Gasteiger partial charge in [0.1, 0.15) is 0 Å². The van der Waals surface area contributed by atoms with E-state index in [4.69, 9.17) is 0 Å². The summed E-state index contributed by atoms with van der Waals surface area (Å²) < 4.78 is 0. The fourth-order valence-corrected chi connectivity index (χ4v) is 1.17. The molecule has 0 unspecified atom stereocenters. The summed E-state index contributed by atoms with van der Waals surface area (Å²) in [4.78, 5) is 0. The molecule has 0 aromatic carbocycles. The summed E-state index contributed by atoms with van der Waals surface area (Å²) in [6, 6.07) is 0. The van der Waals surface area contributed by atoms with Crippen LogP contribution < -0.4 is 5.32 Å². The summed E-state index contributed by atoms with van der Waals surface area (Å²) in [5.41, 5.74) is 2.65. The number of hydrogen-bond acceptors (Lipinski definition) is 1. The fraction of sp³-hybridized carbons (Fsp3) is 0.600. The van der Waals surface area contributed by atoms with E-state index >= 15 is 0 Å². The second kappa shape index (κ2) is 19.7. The maximum atomic E-state index is 3.80. The van der Waals surface area contributed by atoms with Gasteiger partial charge in [-0.3, -0.25) is 0 Å². The zero-order valence-electron chi connectivity index (χ0n) is 12.4. The van der Waals surface area contributed by atoms with E-state index in [0.29, 0.717) is 0 Å². The first-order chi connectivity index (χ1) is 7.79. The van der Waals surface area contributed by atoms with E-state index in [-0.39, 0.29) is 0 Å². The van der Waals surface area contributed by atoms with E-state index in [1.54, 1.807) is 0 Å². The zero-order valence-corrected chi connectivity index (χ0v) is 12.4. The molecule has 0 bridgehead atoms. The minimum absolute atomic E-state index is 0.916. The molecule has 0 aliphatic carbocycles. The molecule has 0 spiro atoms. The molecular formula is C15H31N. The van der Waals surface area contributed by atoms with Gasteiger partial charge in [0.2, 0.25) is 0 Å². The molecule has 0 rings (SSSR count). The van der Waals surface area contributed by atoms with Crippen LogP contribution in [0.15, 0.2) is 36.0 Å². The van der Waals surface area contributed by atoms with E-state index in [1.165, 1.54) is 11.1 Å². The second-order valence-electron chi connectivity index (χ2n) is 2.64. The molecule has 0 saturated heterocycles. The van der Waals surface area contributed by atoms with Gasteiger partial charge in [0.15, 0.2) is 0 Å². The van der Waals surface area contributed by atoms with Crippen molar-refractivity contribution in [3.63, 3.8) is 0 Å². The van der Waals surface area contributed by atoms with Crippen LogP contribution in [0.4, 0.5) is 0 Å². The molecule has 0 heterocycles. The first-order valence-corrected chi connectivity index (χ1v) is 6.41. The smallest absolute Gasteiger partial charge is 0.0205 e. The highest BCUT2D eigenvalue weighted by Crippen LogP contribution is 2.10. The van der Waals surface area contributed by atoms with Crippen molar-refractivity contribution in [2.45, 2.75) is 48.0 Å². The van der Waals surface area contributed by atoms with Gasteiger partial charge >= 0.3 is 0 Å². The van der Waals surface area contributed by atoms with Gasteiger partial charge in [-0.15, -0.1) is 0 Å². The molecule has 0 atom stereocenters. The maximum absolute atomic E-state index is 3.80. The van der Waals surface area contributed by atoms with Crippen LogP contribution in [0, 0.1) is 0 Å². The van der Waals surface area contributed by atoms with Gasteiger partial charge in [-0.2, -0.15) is 0 Å². The maximum Gasteiger partial charge on any atom is 0.0205 e. The van der Waals surface area contributed by atoms with Crippen molar-refractivity contribution in [2.24, 2.45) is 0 Å². The van der Waals surface area contributed by atoms with Crippen LogP contribution >= 0.6 is 0 Å². The van der Waals surface area contributed by atoms with Crippen molar-refractivity contribution in [3.8, 4) is 0 Å². The third-order valence-corrected chi connectivity index (χ3v) is 1.77. The van der Waals surface area contributed by atoms with Gasteiger partial charge in [-0.05, 0) is 31.5 Å². The number of hydrogen-bond donors (Lipinski definition) is 1. The van der Waals surface area contributed by atoms with E-state index in [9.17, 15) is 0 Å². The zero-order chi connectivity index (χ0) is 13.4. The van der Waals surface area contributed by atoms with Crippen molar-refractivity contribution in [1.29, 1.82) is 0 Å². The molecule has 0 amide bonds. The molecule has 96 valence electrons. The summed E-state index contributed by atoms with van der Waals surface area (Å²) in [6.07, 6.45) is 7.18. The Kier molecular flexibility index (Phi) is 25.3. The molecule has 0 aliphatic heterocycles. The molecule has 1 heteroatoms. The van der Waals surface area contributed by atoms with Crippen LogP contribution in [0.3, 0.4) is 0 Å². The van der Waals surface area contributed by atoms with Crippen molar-refractivity contribution < 1.29 is 0 Å². The molecule has 0 saturated carbocycles. The van der Waals surface area contributed by atoms with Gasteiger partial charge < -0.3 is 5.32 Å². The average Bonchev–Trinajstić information content (AvgIpc) is 2.36. The molecule has 1 N–H and O–H groups in total. The predicted octanol–water partition coefficient (Wildman–Crippen LogP) is 4.73. The first kappa shape index (κ1) is 20.6. The molecule has 0 aromatic rings. The largest absolute Gasteiger partial charge is 0.316 e. The lowest BCUT2D eigenvalue weighted by Crippen LogP contribution is -2.10. The number of likely N-dealkylation sites (N-methyl/N-ethyl adjacent to an activating group) is 1. The highest BCUT2D eigenvalue weighted by molar-refractivity contribution is 5.32. The topological polar surface area (TPSA) is 12.0 Å². The van der Waals surface area contributed by atoms with Crippen molar-refractivity contribution in [1.82, 2.24) is 5.32 Å². The Labute approximate surface area is 103 Å². The Morgan fingerprint density at radius 2 is 1.62 bits per heavy atom. The van der Waals surface area contributed by atoms with Crippen molar-refractivity contribution in [2.75, 3.05) is 13.6 Å².